The first-order chi connectivity index (χ1) is 7.33. The van der Waals surface area contributed by atoms with E-state index in [-0.39, 0.29) is 0 Å². The van der Waals surface area contributed by atoms with Gasteiger partial charge in [-0.25, -0.2) is 4.98 Å². The van der Waals surface area contributed by atoms with Crippen molar-refractivity contribution in [2.45, 2.75) is 19.4 Å². The van der Waals surface area contributed by atoms with Gasteiger partial charge in [-0.3, -0.25) is 0 Å². The monoisotopic (exact) mass is 208 g/mol. The van der Waals surface area contributed by atoms with Crippen LogP contribution in [-0.2, 0) is 6.54 Å². The molecular formula is C10H16N4O. The SMILES string of the molecule is COc1cc(CN)nc(N2CCCC2)n1. The lowest BCUT2D eigenvalue weighted by Crippen LogP contribution is -2.21. The summed E-state index contributed by atoms with van der Waals surface area (Å²) < 4.78 is 5.12. The third-order valence-electron chi connectivity index (χ3n) is 2.55. The third kappa shape index (κ3) is 2.18. The van der Waals surface area contributed by atoms with Gasteiger partial charge in [0.1, 0.15) is 0 Å². The smallest absolute Gasteiger partial charge is 0.228 e. The Labute approximate surface area is 89.3 Å². The Balaban J connectivity index is 2.28. The van der Waals surface area contributed by atoms with E-state index >= 15 is 0 Å². The largest absolute Gasteiger partial charge is 0.481 e. The molecule has 0 bridgehead atoms. The topological polar surface area (TPSA) is 64.3 Å². The number of ether oxygens (including phenoxy) is 1. The van der Waals surface area contributed by atoms with Crippen molar-refractivity contribution < 1.29 is 4.74 Å². The van der Waals surface area contributed by atoms with Gasteiger partial charge in [-0.1, -0.05) is 0 Å². The van der Waals surface area contributed by atoms with Crippen molar-refractivity contribution in [1.82, 2.24) is 9.97 Å². The van der Waals surface area contributed by atoms with Gasteiger partial charge in [-0.2, -0.15) is 4.98 Å². The van der Waals surface area contributed by atoms with Gasteiger partial charge in [0.05, 0.1) is 12.8 Å². The zero-order chi connectivity index (χ0) is 10.7. The number of hydrogen-bond acceptors (Lipinski definition) is 5. The first-order valence-corrected chi connectivity index (χ1v) is 5.20. The number of nitrogens with two attached hydrogens (primary N) is 1. The molecule has 5 nitrogen and oxygen atoms in total. The maximum atomic E-state index is 5.58. The molecule has 2 N–H and O–H groups in total. The minimum atomic E-state index is 0.416. The lowest BCUT2D eigenvalue weighted by Gasteiger charge is -2.16. The zero-order valence-corrected chi connectivity index (χ0v) is 8.94. The molecule has 2 rings (SSSR count). The predicted molar refractivity (Wildman–Crippen MR) is 57.9 cm³/mol. The lowest BCUT2D eigenvalue weighted by atomic mass is 10.4. The molecule has 0 atom stereocenters. The van der Waals surface area contributed by atoms with E-state index in [9.17, 15) is 0 Å². The second-order valence-electron chi connectivity index (χ2n) is 3.60. The Morgan fingerprint density at radius 2 is 2.13 bits per heavy atom. The van der Waals surface area contributed by atoms with Gasteiger partial charge in [0.2, 0.25) is 11.8 Å². The maximum absolute atomic E-state index is 5.58. The van der Waals surface area contributed by atoms with Gasteiger partial charge in [0.15, 0.2) is 0 Å². The number of anilines is 1. The standard InChI is InChI=1S/C10H16N4O/c1-15-9-6-8(7-11)12-10(13-9)14-4-2-3-5-14/h6H,2-5,7,11H2,1H3. The van der Waals surface area contributed by atoms with Crippen LogP contribution in [-0.4, -0.2) is 30.2 Å². The molecule has 1 fully saturated rings. The maximum Gasteiger partial charge on any atom is 0.228 e. The summed E-state index contributed by atoms with van der Waals surface area (Å²) in [6.07, 6.45) is 2.41. The molecule has 15 heavy (non-hydrogen) atoms. The summed E-state index contributed by atoms with van der Waals surface area (Å²) in [4.78, 5) is 10.9. The normalized spacial score (nSPS) is 15.7. The van der Waals surface area contributed by atoms with Crippen molar-refractivity contribution in [3.63, 3.8) is 0 Å². The van der Waals surface area contributed by atoms with E-state index in [2.05, 4.69) is 14.9 Å². The van der Waals surface area contributed by atoms with E-state index in [1.165, 1.54) is 12.8 Å². The Kier molecular flexibility index (Phi) is 3.01. The highest BCUT2D eigenvalue weighted by molar-refractivity contribution is 5.35. The van der Waals surface area contributed by atoms with Crippen LogP contribution in [0.4, 0.5) is 5.95 Å². The summed E-state index contributed by atoms with van der Waals surface area (Å²) in [5.74, 6) is 1.33. The summed E-state index contributed by atoms with van der Waals surface area (Å²) in [5.41, 5.74) is 6.40. The molecular weight excluding hydrogens is 192 g/mol. The Morgan fingerprint density at radius 1 is 1.40 bits per heavy atom. The first-order valence-electron chi connectivity index (χ1n) is 5.20. The molecule has 1 aliphatic heterocycles. The Bertz CT molecular complexity index is 314. The molecule has 0 aromatic carbocycles. The van der Waals surface area contributed by atoms with Crippen molar-refractivity contribution in [1.29, 1.82) is 0 Å². The van der Waals surface area contributed by atoms with Crippen LogP contribution >= 0.6 is 0 Å². The second kappa shape index (κ2) is 4.44. The quantitative estimate of drug-likeness (QED) is 0.785. The summed E-state index contributed by atoms with van der Waals surface area (Å²) >= 11 is 0. The molecule has 0 unspecified atom stereocenters. The number of nitrogens with zero attached hydrogens (tertiary/aromatic N) is 3. The van der Waals surface area contributed by atoms with Crippen LogP contribution in [0.3, 0.4) is 0 Å². The van der Waals surface area contributed by atoms with Crippen LogP contribution < -0.4 is 15.4 Å². The minimum absolute atomic E-state index is 0.416. The van der Waals surface area contributed by atoms with Gasteiger partial charge in [-0.15, -0.1) is 0 Å². The molecule has 2 heterocycles. The van der Waals surface area contributed by atoms with E-state index in [0.29, 0.717) is 12.4 Å². The third-order valence-corrected chi connectivity index (χ3v) is 2.55. The Morgan fingerprint density at radius 3 is 2.73 bits per heavy atom. The van der Waals surface area contributed by atoms with Crippen LogP contribution in [0.25, 0.3) is 0 Å². The van der Waals surface area contributed by atoms with Crippen molar-refractivity contribution in [2.24, 2.45) is 5.73 Å². The highest BCUT2D eigenvalue weighted by atomic mass is 16.5. The van der Waals surface area contributed by atoms with Crippen LogP contribution in [0.5, 0.6) is 5.88 Å². The van der Waals surface area contributed by atoms with E-state index in [4.69, 9.17) is 10.5 Å². The molecule has 0 spiro atoms. The number of hydrogen-bond donors (Lipinski definition) is 1. The fourth-order valence-corrected chi connectivity index (χ4v) is 1.73. The lowest BCUT2D eigenvalue weighted by molar-refractivity contribution is 0.396. The van der Waals surface area contributed by atoms with E-state index in [0.717, 1.165) is 24.7 Å². The first kappa shape index (κ1) is 10.2. The molecule has 0 radical (unpaired) electrons. The van der Waals surface area contributed by atoms with E-state index < -0.39 is 0 Å². The fraction of sp³-hybridized carbons (Fsp3) is 0.600. The van der Waals surface area contributed by atoms with Crippen LogP contribution in [0.1, 0.15) is 18.5 Å². The predicted octanol–water partition coefficient (Wildman–Crippen LogP) is 0.544. The molecule has 1 aromatic heterocycles. The van der Waals surface area contributed by atoms with E-state index in [1.54, 1.807) is 13.2 Å². The molecule has 5 heteroatoms. The minimum Gasteiger partial charge on any atom is -0.481 e. The molecule has 1 aliphatic rings. The highest BCUT2D eigenvalue weighted by Gasteiger charge is 2.16. The number of methoxy groups -OCH3 is 1. The molecule has 1 aromatic rings. The zero-order valence-electron chi connectivity index (χ0n) is 8.94. The molecule has 82 valence electrons. The Hall–Kier alpha value is -1.36. The highest BCUT2D eigenvalue weighted by Crippen LogP contribution is 2.19. The summed E-state index contributed by atoms with van der Waals surface area (Å²) in [7, 11) is 1.61. The summed E-state index contributed by atoms with van der Waals surface area (Å²) in [6, 6.07) is 1.78. The van der Waals surface area contributed by atoms with Crippen molar-refractivity contribution >= 4 is 5.95 Å². The van der Waals surface area contributed by atoms with Crippen molar-refractivity contribution in [2.75, 3.05) is 25.1 Å². The van der Waals surface area contributed by atoms with Crippen molar-refractivity contribution in [3.8, 4) is 5.88 Å². The summed E-state index contributed by atoms with van der Waals surface area (Å²) in [6.45, 7) is 2.47. The van der Waals surface area contributed by atoms with Gasteiger partial charge in [-0.05, 0) is 12.8 Å². The van der Waals surface area contributed by atoms with Crippen LogP contribution in [0, 0.1) is 0 Å². The van der Waals surface area contributed by atoms with Gasteiger partial charge in [0, 0.05) is 25.7 Å². The average Bonchev–Trinajstić information content (AvgIpc) is 2.81. The van der Waals surface area contributed by atoms with Crippen LogP contribution in [0.15, 0.2) is 6.07 Å². The van der Waals surface area contributed by atoms with E-state index in [1.807, 2.05) is 0 Å². The molecule has 0 amide bonds. The van der Waals surface area contributed by atoms with Crippen molar-refractivity contribution in [3.05, 3.63) is 11.8 Å². The van der Waals surface area contributed by atoms with Gasteiger partial charge < -0.3 is 15.4 Å². The summed E-state index contributed by atoms with van der Waals surface area (Å²) in [5, 5.41) is 0. The second-order valence-corrected chi connectivity index (χ2v) is 3.60. The fourth-order valence-electron chi connectivity index (χ4n) is 1.73. The van der Waals surface area contributed by atoms with Gasteiger partial charge in [0.25, 0.3) is 0 Å². The number of rotatable bonds is 3. The van der Waals surface area contributed by atoms with Gasteiger partial charge >= 0.3 is 0 Å². The van der Waals surface area contributed by atoms with Crippen LogP contribution in [0.2, 0.25) is 0 Å². The molecule has 1 saturated heterocycles. The molecule has 0 saturated carbocycles. The number of aromatic nitrogens is 2. The molecule has 0 aliphatic carbocycles. The average molecular weight is 208 g/mol.